The number of nitrogens with zero attached hydrogens (tertiary/aromatic N) is 1. The second kappa shape index (κ2) is 4.43. The lowest BCUT2D eigenvalue weighted by atomic mass is 10.1. The van der Waals surface area contributed by atoms with Crippen molar-refractivity contribution in [1.29, 1.82) is 0 Å². The molecule has 0 aromatic heterocycles. The molecule has 0 spiro atoms. The molecule has 3 heteroatoms. The number of hydrogen-bond acceptors (Lipinski definition) is 2. The number of hydrogen-bond donors (Lipinski definition) is 0. The van der Waals surface area contributed by atoms with Gasteiger partial charge in [-0.15, -0.1) is 0 Å². The first kappa shape index (κ1) is 11.8. The number of ether oxygens (including phenoxy) is 1. The molecule has 0 radical (unpaired) electrons. The summed E-state index contributed by atoms with van der Waals surface area (Å²) in [5, 5.41) is 0. The molecule has 0 unspecified atom stereocenters. The largest absolute Gasteiger partial charge is 0.482 e. The maximum absolute atomic E-state index is 12.2. The Morgan fingerprint density at radius 3 is 2.58 bits per heavy atom. The third-order valence-corrected chi connectivity index (χ3v) is 3.52. The number of para-hydroxylation sites is 2. The molecule has 0 saturated carbocycles. The van der Waals surface area contributed by atoms with Crippen LogP contribution in [-0.4, -0.2) is 12.5 Å². The fourth-order valence-corrected chi connectivity index (χ4v) is 2.34. The van der Waals surface area contributed by atoms with Gasteiger partial charge in [-0.05, 0) is 43.2 Å². The van der Waals surface area contributed by atoms with E-state index in [0.717, 1.165) is 22.7 Å². The van der Waals surface area contributed by atoms with E-state index >= 15 is 0 Å². The van der Waals surface area contributed by atoms with Crippen molar-refractivity contribution < 1.29 is 9.53 Å². The molecule has 3 nitrogen and oxygen atoms in total. The van der Waals surface area contributed by atoms with Crippen LogP contribution >= 0.6 is 0 Å². The first-order valence-electron chi connectivity index (χ1n) is 6.29. The van der Waals surface area contributed by atoms with E-state index in [1.54, 1.807) is 4.90 Å². The van der Waals surface area contributed by atoms with Crippen LogP contribution in [0.25, 0.3) is 0 Å². The smallest absolute Gasteiger partial charge is 0.269 e. The highest BCUT2D eigenvalue weighted by atomic mass is 16.5. The highest BCUT2D eigenvalue weighted by Crippen LogP contribution is 2.38. The van der Waals surface area contributed by atoms with E-state index in [-0.39, 0.29) is 12.5 Å². The molecule has 3 rings (SSSR count). The van der Waals surface area contributed by atoms with E-state index in [1.165, 1.54) is 5.56 Å². The molecule has 1 amide bonds. The molecule has 0 bridgehead atoms. The summed E-state index contributed by atoms with van der Waals surface area (Å²) in [5.74, 6) is 0.718. The van der Waals surface area contributed by atoms with E-state index < -0.39 is 0 Å². The predicted molar refractivity (Wildman–Crippen MR) is 75.0 cm³/mol. The lowest BCUT2D eigenvalue weighted by Crippen LogP contribution is -2.35. The molecule has 0 atom stereocenters. The van der Waals surface area contributed by atoms with E-state index in [2.05, 4.69) is 13.0 Å². The summed E-state index contributed by atoms with van der Waals surface area (Å²) in [5.41, 5.74) is 4.04. The van der Waals surface area contributed by atoms with Crippen LogP contribution in [0.4, 0.5) is 11.4 Å². The minimum atomic E-state index is -0.0348. The van der Waals surface area contributed by atoms with Gasteiger partial charge in [-0.2, -0.15) is 0 Å². The van der Waals surface area contributed by atoms with Crippen molar-refractivity contribution in [3.8, 4) is 5.75 Å². The molecule has 2 aromatic carbocycles. The van der Waals surface area contributed by atoms with Crippen LogP contribution in [0.3, 0.4) is 0 Å². The Morgan fingerprint density at radius 2 is 1.74 bits per heavy atom. The Bertz CT molecular complexity index is 649. The maximum Gasteiger partial charge on any atom is 0.269 e. The van der Waals surface area contributed by atoms with Gasteiger partial charge in [0.15, 0.2) is 6.61 Å². The molecule has 19 heavy (non-hydrogen) atoms. The number of anilines is 2. The third kappa shape index (κ3) is 1.87. The van der Waals surface area contributed by atoms with Gasteiger partial charge in [0.2, 0.25) is 0 Å². The van der Waals surface area contributed by atoms with E-state index in [9.17, 15) is 4.79 Å². The number of carbonyl (C=O) groups excluding carboxylic acids is 1. The molecule has 1 aliphatic rings. The predicted octanol–water partition coefficient (Wildman–Crippen LogP) is 3.36. The van der Waals surface area contributed by atoms with Gasteiger partial charge in [0.05, 0.1) is 11.4 Å². The monoisotopic (exact) mass is 253 g/mol. The van der Waals surface area contributed by atoms with Crippen molar-refractivity contribution in [2.24, 2.45) is 0 Å². The fourth-order valence-electron chi connectivity index (χ4n) is 2.34. The van der Waals surface area contributed by atoms with Gasteiger partial charge in [0.25, 0.3) is 5.91 Å². The molecule has 1 aliphatic heterocycles. The number of rotatable bonds is 1. The van der Waals surface area contributed by atoms with Gasteiger partial charge in [0.1, 0.15) is 5.75 Å². The number of amides is 1. The van der Waals surface area contributed by atoms with Crippen LogP contribution in [0.15, 0.2) is 42.5 Å². The van der Waals surface area contributed by atoms with Crippen molar-refractivity contribution in [1.82, 2.24) is 0 Å². The maximum atomic E-state index is 12.2. The highest BCUT2D eigenvalue weighted by molar-refractivity contribution is 6.04. The highest BCUT2D eigenvalue weighted by Gasteiger charge is 2.27. The standard InChI is InChI=1S/C16H15NO2/c1-11-6-5-8-13(12(11)2)17-14-7-3-4-9-15(14)19-10-16(17)18/h3-9H,10H2,1-2H3. The zero-order valence-corrected chi connectivity index (χ0v) is 11.0. The van der Waals surface area contributed by atoms with Crippen molar-refractivity contribution in [2.75, 3.05) is 11.5 Å². The molecule has 0 aliphatic carbocycles. The Balaban J connectivity index is 2.19. The van der Waals surface area contributed by atoms with Crippen molar-refractivity contribution in [3.05, 3.63) is 53.6 Å². The molecular weight excluding hydrogens is 238 g/mol. The van der Waals surface area contributed by atoms with Gasteiger partial charge < -0.3 is 4.74 Å². The summed E-state index contributed by atoms with van der Waals surface area (Å²) in [4.78, 5) is 14.0. The van der Waals surface area contributed by atoms with E-state index in [0.29, 0.717) is 0 Å². The lowest BCUT2D eigenvalue weighted by Gasteiger charge is -2.30. The van der Waals surface area contributed by atoms with E-state index in [1.807, 2.05) is 43.3 Å². The van der Waals surface area contributed by atoms with Gasteiger partial charge in [-0.3, -0.25) is 9.69 Å². The molecule has 96 valence electrons. The fraction of sp³-hybridized carbons (Fsp3) is 0.188. The quantitative estimate of drug-likeness (QED) is 0.780. The second-order valence-corrected chi connectivity index (χ2v) is 4.70. The third-order valence-electron chi connectivity index (χ3n) is 3.52. The zero-order chi connectivity index (χ0) is 13.4. The Morgan fingerprint density at radius 1 is 1.00 bits per heavy atom. The second-order valence-electron chi connectivity index (χ2n) is 4.70. The average molecular weight is 253 g/mol. The van der Waals surface area contributed by atoms with Gasteiger partial charge in [-0.1, -0.05) is 24.3 Å². The van der Waals surface area contributed by atoms with Crippen molar-refractivity contribution in [2.45, 2.75) is 13.8 Å². The van der Waals surface area contributed by atoms with Gasteiger partial charge in [0, 0.05) is 0 Å². The number of fused-ring (bicyclic) bond motifs is 1. The molecular formula is C16H15NO2. The van der Waals surface area contributed by atoms with Crippen LogP contribution in [0.1, 0.15) is 11.1 Å². The van der Waals surface area contributed by atoms with Crippen LogP contribution in [0.2, 0.25) is 0 Å². The number of benzene rings is 2. The zero-order valence-electron chi connectivity index (χ0n) is 11.0. The Kier molecular flexibility index (Phi) is 2.75. The van der Waals surface area contributed by atoms with Crippen LogP contribution in [0.5, 0.6) is 5.75 Å². The summed E-state index contributed by atoms with van der Waals surface area (Å²) in [6.07, 6.45) is 0. The normalized spacial score (nSPS) is 14.0. The molecule has 0 fully saturated rings. The van der Waals surface area contributed by atoms with Gasteiger partial charge >= 0.3 is 0 Å². The molecule has 0 saturated heterocycles. The Hall–Kier alpha value is -2.29. The van der Waals surface area contributed by atoms with Crippen LogP contribution < -0.4 is 9.64 Å². The number of aryl methyl sites for hydroxylation is 1. The summed E-state index contributed by atoms with van der Waals surface area (Å²) in [6.45, 7) is 4.18. The molecule has 1 heterocycles. The van der Waals surface area contributed by atoms with Crippen LogP contribution in [0, 0.1) is 13.8 Å². The van der Waals surface area contributed by atoms with Gasteiger partial charge in [-0.25, -0.2) is 0 Å². The summed E-state index contributed by atoms with van der Waals surface area (Å²) < 4.78 is 5.47. The Labute approximate surface area is 112 Å². The molecule has 2 aromatic rings. The molecule has 0 N–H and O–H groups in total. The average Bonchev–Trinajstić information content (AvgIpc) is 2.43. The van der Waals surface area contributed by atoms with Crippen molar-refractivity contribution in [3.63, 3.8) is 0 Å². The minimum Gasteiger partial charge on any atom is -0.482 e. The van der Waals surface area contributed by atoms with E-state index in [4.69, 9.17) is 4.74 Å². The minimum absolute atomic E-state index is 0.0348. The first-order chi connectivity index (χ1) is 9.18. The number of carbonyl (C=O) groups is 1. The topological polar surface area (TPSA) is 29.5 Å². The summed E-state index contributed by atoms with van der Waals surface area (Å²) in [6, 6.07) is 13.6. The SMILES string of the molecule is Cc1cccc(N2C(=O)COc3ccccc32)c1C. The van der Waals surface area contributed by atoms with Crippen LogP contribution in [-0.2, 0) is 4.79 Å². The summed E-state index contributed by atoms with van der Waals surface area (Å²) in [7, 11) is 0. The lowest BCUT2D eigenvalue weighted by molar-refractivity contribution is -0.120. The first-order valence-corrected chi connectivity index (χ1v) is 6.29. The summed E-state index contributed by atoms with van der Waals surface area (Å²) >= 11 is 0. The van der Waals surface area contributed by atoms with Crippen molar-refractivity contribution >= 4 is 17.3 Å².